The third-order valence-electron chi connectivity index (χ3n) is 5.50. The molecule has 2 aliphatic heterocycles. The molecule has 0 unspecified atom stereocenters. The van der Waals surface area contributed by atoms with Gasteiger partial charge < -0.3 is 18.5 Å². The maximum absolute atomic E-state index is 12.7. The fourth-order valence-corrected chi connectivity index (χ4v) is 5.11. The Kier molecular flexibility index (Phi) is 7.46. The number of ether oxygens (including phenoxy) is 2. The number of ketones is 1. The molecule has 2 saturated heterocycles. The Bertz CT molecular complexity index is 693. The molecule has 0 saturated carbocycles. The molecule has 2 fully saturated rings. The monoisotopic (exact) mass is 410 g/mol. The maximum atomic E-state index is 12.7. The normalized spacial score (nSPS) is 32.3. The highest BCUT2D eigenvalue weighted by atomic mass is 31.2. The standard InChI is InChI=1S/C21H31O6P/c1-4-19-20(10-11-24-19)27-28(3,23)25-14-21-15(2)12-17(26-21)13-18(22)16-8-6-5-7-9-16/h5-9,15,17,19-21H,4,10-14H2,1-3H3/t15-,17+,19+,20-,21+,28+/m0/s1. The molecule has 0 radical (unpaired) electrons. The number of rotatable bonds is 9. The molecule has 0 amide bonds. The second-order valence-electron chi connectivity index (χ2n) is 7.82. The van der Waals surface area contributed by atoms with E-state index >= 15 is 0 Å². The molecule has 1 aromatic carbocycles. The minimum atomic E-state index is -3.19. The van der Waals surface area contributed by atoms with Gasteiger partial charge in [-0.15, -0.1) is 0 Å². The van der Waals surface area contributed by atoms with Gasteiger partial charge in [0, 0.05) is 31.7 Å². The van der Waals surface area contributed by atoms with Gasteiger partial charge in [-0.2, -0.15) is 0 Å². The van der Waals surface area contributed by atoms with Gasteiger partial charge in [-0.1, -0.05) is 44.2 Å². The van der Waals surface area contributed by atoms with E-state index in [1.165, 1.54) is 6.66 Å². The van der Waals surface area contributed by atoms with Crippen LogP contribution in [0, 0.1) is 5.92 Å². The van der Waals surface area contributed by atoms with E-state index in [2.05, 4.69) is 6.92 Å². The lowest BCUT2D eigenvalue weighted by Gasteiger charge is -2.24. The first-order valence-corrected chi connectivity index (χ1v) is 12.1. The van der Waals surface area contributed by atoms with Gasteiger partial charge in [-0.05, 0) is 18.8 Å². The van der Waals surface area contributed by atoms with Crippen molar-refractivity contribution in [3.05, 3.63) is 35.9 Å². The molecule has 0 bridgehead atoms. The van der Waals surface area contributed by atoms with Crippen LogP contribution in [0.25, 0.3) is 0 Å². The van der Waals surface area contributed by atoms with Gasteiger partial charge in [0.1, 0.15) is 0 Å². The van der Waals surface area contributed by atoms with Crippen LogP contribution in [0.3, 0.4) is 0 Å². The van der Waals surface area contributed by atoms with Crippen LogP contribution < -0.4 is 0 Å². The van der Waals surface area contributed by atoms with Gasteiger partial charge in [-0.3, -0.25) is 9.36 Å². The summed E-state index contributed by atoms with van der Waals surface area (Å²) >= 11 is 0. The predicted molar refractivity (Wildman–Crippen MR) is 107 cm³/mol. The molecule has 28 heavy (non-hydrogen) atoms. The number of carbonyl (C=O) groups is 1. The van der Waals surface area contributed by atoms with Crippen LogP contribution in [-0.2, 0) is 23.1 Å². The minimum absolute atomic E-state index is 0.0214. The topological polar surface area (TPSA) is 71.1 Å². The molecular weight excluding hydrogens is 379 g/mol. The molecule has 156 valence electrons. The van der Waals surface area contributed by atoms with Gasteiger partial charge in [0.05, 0.1) is 31.0 Å². The van der Waals surface area contributed by atoms with Crippen molar-refractivity contribution in [2.75, 3.05) is 19.9 Å². The highest BCUT2D eigenvalue weighted by molar-refractivity contribution is 7.53. The Morgan fingerprint density at radius 2 is 2.00 bits per heavy atom. The molecule has 2 heterocycles. The molecular formula is C21H31O6P. The molecule has 3 rings (SSSR count). The summed E-state index contributed by atoms with van der Waals surface area (Å²) in [5.74, 6) is 0.308. The second kappa shape index (κ2) is 9.64. The average Bonchev–Trinajstić information content (AvgIpc) is 3.26. The minimum Gasteiger partial charge on any atom is -0.375 e. The summed E-state index contributed by atoms with van der Waals surface area (Å²) in [5.41, 5.74) is 0.703. The summed E-state index contributed by atoms with van der Waals surface area (Å²) in [4.78, 5) is 12.4. The van der Waals surface area contributed by atoms with Crippen molar-refractivity contribution < 1.29 is 27.9 Å². The largest absolute Gasteiger partial charge is 0.375 e. The summed E-state index contributed by atoms with van der Waals surface area (Å²) in [6.07, 6.45) is 2.17. The van der Waals surface area contributed by atoms with E-state index in [1.807, 2.05) is 37.3 Å². The highest BCUT2D eigenvalue weighted by Crippen LogP contribution is 2.48. The Hall–Kier alpha value is -1.04. The fourth-order valence-electron chi connectivity index (χ4n) is 3.90. The van der Waals surface area contributed by atoms with Gasteiger partial charge in [-0.25, -0.2) is 0 Å². The Morgan fingerprint density at radius 3 is 2.71 bits per heavy atom. The lowest BCUT2D eigenvalue weighted by molar-refractivity contribution is -0.00275. The number of carbonyl (C=O) groups excluding carboxylic acids is 1. The lowest BCUT2D eigenvalue weighted by Crippen LogP contribution is -2.25. The smallest absolute Gasteiger partial charge is 0.328 e. The predicted octanol–water partition coefficient (Wildman–Crippen LogP) is 4.48. The maximum Gasteiger partial charge on any atom is 0.328 e. The van der Waals surface area contributed by atoms with Crippen LogP contribution in [-0.4, -0.2) is 50.1 Å². The first-order chi connectivity index (χ1) is 13.4. The molecule has 0 spiro atoms. The number of hydrogen-bond acceptors (Lipinski definition) is 6. The first-order valence-electron chi connectivity index (χ1n) is 10.1. The molecule has 0 aliphatic carbocycles. The summed E-state index contributed by atoms with van der Waals surface area (Å²) in [6.45, 7) is 6.44. The van der Waals surface area contributed by atoms with Gasteiger partial charge in [0.15, 0.2) is 5.78 Å². The van der Waals surface area contributed by atoms with Crippen LogP contribution in [0.5, 0.6) is 0 Å². The van der Waals surface area contributed by atoms with Gasteiger partial charge in [0.25, 0.3) is 0 Å². The zero-order valence-corrected chi connectivity index (χ0v) is 17.8. The Balaban J connectivity index is 1.47. The van der Waals surface area contributed by atoms with Crippen molar-refractivity contribution in [2.24, 2.45) is 5.92 Å². The molecule has 2 aliphatic rings. The summed E-state index contributed by atoms with van der Waals surface area (Å²) in [5, 5.41) is 0. The third kappa shape index (κ3) is 5.74. The van der Waals surface area contributed by atoms with E-state index in [0.717, 1.165) is 19.3 Å². The molecule has 0 N–H and O–H groups in total. The second-order valence-corrected chi connectivity index (χ2v) is 9.83. The van der Waals surface area contributed by atoms with E-state index in [-0.39, 0.29) is 42.7 Å². The first kappa shape index (κ1) is 21.7. The van der Waals surface area contributed by atoms with Crippen molar-refractivity contribution in [3.8, 4) is 0 Å². The van der Waals surface area contributed by atoms with E-state index in [1.54, 1.807) is 0 Å². The molecule has 0 aromatic heterocycles. The van der Waals surface area contributed by atoms with Crippen molar-refractivity contribution in [1.29, 1.82) is 0 Å². The van der Waals surface area contributed by atoms with Crippen LogP contribution in [0.4, 0.5) is 0 Å². The number of hydrogen-bond donors (Lipinski definition) is 0. The summed E-state index contributed by atoms with van der Waals surface area (Å²) in [7, 11) is -3.19. The Morgan fingerprint density at radius 1 is 1.25 bits per heavy atom. The van der Waals surface area contributed by atoms with Crippen LogP contribution in [0.1, 0.15) is 49.9 Å². The number of benzene rings is 1. The zero-order valence-electron chi connectivity index (χ0n) is 16.9. The molecule has 6 atom stereocenters. The van der Waals surface area contributed by atoms with E-state index < -0.39 is 7.60 Å². The van der Waals surface area contributed by atoms with Gasteiger partial charge >= 0.3 is 7.60 Å². The van der Waals surface area contributed by atoms with E-state index in [4.69, 9.17) is 18.5 Å². The highest BCUT2D eigenvalue weighted by Gasteiger charge is 2.37. The Labute approximate surface area is 167 Å². The van der Waals surface area contributed by atoms with Crippen LogP contribution >= 0.6 is 7.60 Å². The lowest BCUT2D eigenvalue weighted by atomic mass is 9.98. The van der Waals surface area contributed by atoms with Crippen LogP contribution in [0.15, 0.2) is 30.3 Å². The summed E-state index contributed by atoms with van der Waals surface area (Å²) < 4.78 is 35.7. The molecule has 6 nitrogen and oxygen atoms in total. The number of Topliss-reactive ketones (excluding diaryl/α,β-unsaturated/α-hetero) is 1. The van der Waals surface area contributed by atoms with E-state index in [0.29, 0.717) is 18.6 Å². The SMILES string of the molecule is CC[C@H]1OCC[C@@H]1O[P@](C)(=O)OC[C@H]1O[C@@H](CC(=O)c2ccccc2)C[C@@H]1C. The van der Waals surface area contributed by atoms with E-state index in [9.17, 15) is 9.36 Å². The fraction of sp³-hybridized carbons (Fsp3) is 0.667. The van der Waals surface area contributed by atoms with Crippen molar-refractivity contribution in [1.82, 2.24) is 0 Å². The zero-order chi connectivity index (χ0) is 20.1. The van der Waals surface area contributed by atoms with Gasteiger partial charge in [0.2, 0.25) is 0 Å². The summed E-state index contributed by atoms with van der Waals surface area (Å²) in [6, 6.07) is 9.26. The average molecular weight is 410 g/mol. The van der Waals surface area contributed by atoms with Crippen LogP contribution in [0.2, 0.25) is 0 Å². The van der Waals surface area contributed by atoms with Crippen molar-refractivity contribution >= 4 is 13.4 Å². The van der Waals surface area contributed by atoms with Crippen molar-refractivity contribution in [3.63, 3.8) is 0 Å². The van der Waals surface area contributed by atoms with Crippen molar-refractivity contribution in [2.45, 2.75) is 63.9 Å². The quantitative estimate of drug-likeness (QED) is 0.442. The molecule has 7 heteroatoms. The third-order valence-corrected chi connectivity index (χ3v) is 6.77. The molecule has 1 aromatic rings.